The fourth-order valence-corrected chi connectivity index (χ4v) is 2.62. The molecule has 1 heterocycles. The van der Waals surface area contributed by atoms with Crippen LogP contribution in [0.1, 0.15) is 29.4 Å². The Morgan fingerprint density at radius 3 is 2.45 bits per heavy atom. The monoisotopic (exact) mass is 291 g/mol. The van der Waals surface area contributed by atoms with Gasteiger partial charge in [-0.05, 0) is 32.8 Å². The number of rotatable bonds is 5. The molecule has 0 fully saturated rings. The molecule has 0 spiro atoms. The van der Waals surface area contributed by atoms with Crippen LogP contribution in [0.15, 0.2) is 24.3 Å². The summed E-state index contributed by atoms with van der Waals surface area (Å²) in [6.45, 7) is 6.91. The summed E-state index contributed by atoms with van der Waals surface area (Å²) in [5.41, 5.74) is 10.7. The number of benzene rings is 1. The Kier molecular flexibility index (Phi) is 4.84. The van der Waals surface area contributed by atoms with Crippen molar-refractivity contribution in [2.24, 2.45) is 5.73 Å². The Balaban J connectivity index is 2.08. The van der Waals surface area contributed by atoms with Crippen LogP contribution < -0.4 is 5.73 Å². The molecule has 0 aliphatic carbocycles. The first-order valence-corrected chi connectivity index (χ1v) is 7.42. The van der Waals surface area contributed by atoms with Crippen molar-refractivity contribution in [2.75, 3.05) is 0 Å². The summed E-state index contributed by atoms with van der Waals surface area (Å²) in [6.07, 6.45) is 1.60. The van der Waals surface area contributed by atoms with Gasteiger partial charge in [-0.15, -0.1) is 0 Å². The second-order valence-corrected chi connectivity index (χ2v) is 5.69. The molecule has 0 aliphatic rings. The van der Waals surface area contributed by atoms with Crippen LogP contribution >= 0.6 is 11.6 Å². The molecular weight excluding hydrogens is 270 g/mol. The van der Waals surface area contributed by atoms with Gasteiger partial charge in [-0.25, -0.2) is 0 Å². The van der Waals surface area contributed by atoms with E-state index in [0.717, 1.165) is 35.8 Å². The van der Waals surface area contributed by atoms with Crippen molar-refractivity contribution >= 4 is 11.6 Å². The minimum Gasteiger partial charge on any atom is -0.327 e. The summed E-state index contributed by atoms with van der Waals surface area (Å²) in [4.78, 5) is 0. The summed E-state index contributed by atoms with van der Waals surface area (Å²) in [6, 6.07) is 8.57. The van der Waals surface area contributed by atoms with Gasteiger partial charge in [-0.2, -0.15) is 5.10 Å². The fraction of sp³-hybridized carbons (Fsp3) is 0.438. The third-order valence-electron chi connectivity index (χ3n) is 3.53. The molecule has 0 radical (unpaired) electrons. The number of aryl methyl sites for hydroxylation is 3. The highest BCUT2D eigenvalue weighted by molar-refractivity contribution is 6.31. The first-order chi connectivity index (χ1) is 9.51. The van der Waals surface area contributed by atoms with Crippen LogP contribution in [-0.4, -0.2) is 15.8 Å². The van der Waals surface area contributed by atoms with Crippen LogP contribution in [0.5, 0.6) is 0 Å². The average Bonchev–Trinajstić information content (AvgIpc) is 2.69. The summed E-state index contributed by atoms with van der Waals surface area (Å²) >= 11 is 6.32. The maximum Gasteiger partial charge on any atom is 0.0847 e. The maximum atomic E-state index is 6.32. The van der Waals surface area contributed by atoms with Crippen molar-refractivity contribution in [1.29, 1.82) is 0 Å². The Morgan fingerprint density at radius 2 is 1.85 bits per heavy atom. The van der Waals surface area contributed by atoms with Crippen LogP contribution in [0, 0.1) is 13.8 Å². The average molecular weight is 292 g/mol. The van der Waals surface area contributed by atoms with E-state index in [0.29, 0.717) is 0 Å². The summed E-state index contributed by atoms with van der Waals surface area (Å²) in [5, 5.41) is 5.19. The predicted molar refractivity (Wildman–Crippen MR) is 84.2 cm³/mol. The van der Waals surface area contributed by atoms with E-state index in [-0.39, 0.29) is 6.04 Å². The maximum absolute atomic E-state index is 6.32. The first kappa shape index (κ1) is 15.1. The summed E-state index contributed by atoms with van der Waals surface area (Å²) in [7, 11) is 0. The van der Waals surface area contributed by atoms with E-state index >= 15 is 0 Å². The molecule has 0 amide bonds. The van der Waals surface area contributed by atoms with Gasteiger partial charge < -0.3 is 5.73 Å². The largest absolute Gasteiger partial charge is 0.327 e. The molecule has 108 valence electrons. The van der Waals surface area contributed by atoms with Crippen molar-refractivity contribution < 1.29 is 0 Å². The molecule has 20 heavy (non-hydrogen) atoms. The van der Waals surface area contributed by atoms with E-state index in [9.17, 15) is 0 Å². The number of hydrogen-bond donors (Lipinski definition) is 1. The highest BCUT2D eigenvalue weighted by Crippen LogP contribution is 2.22. The number of aromatic nitrogens is 2. The molecule has 3 nitrogen and oxygen atoms in total. The molecule has 0 bridgehead atoms. The zero-order chi connectivity index (χ0) is 14.7. The normalized spacial score (nSPS) is 12.7. The van der Waals surface area contributed by atoms with E-state index in [2.05, 4.69) is 43.2 Å². The van der Waals surface area contributed by atoms with Crippen LogP contribution in [-0.2, 0) is 19.4 Å². The zero-order valence-corrected chi connectivity index (χ0v) is 13.1. The lowest BCUT2D eigenvalue weighted by molar-refractivity contribution is 0.574. The Hall–Kier alpha value is -1.32. The topological polar surface area (TPSA) is 43.8 Å². The first-order valence-electron chi connectivity index (χ1n) is 7.04. The van der Waals surface area contributed by atoms with Crippen molar-refractivity contribution in [2.45, 2.75) is 46.2 Å². The molecule has 0 saturated carbocycles. The van der Waals surface area contributed by atoms with Crippen molar-refractivity contribution in [3.63, 3.8) is 0 Å². The van der Waals surface area contributed by atoms with Gasteiger partial charge in [-0.3, -0.25) is 4.68 Å². The minimum absolute atomic E-state index is 0.0524. The van der Waals surface area contributed by atoms with Crippen LogP contribution in [0.25, 0.3) is 0 Å². The minimum atomic E-state index is 0.0524. The standard InChI is InChI=1S/C16H22ClN3/c1-4-20-15(16(17)12(3)19-20)10-14(18)9-13-7-5-11(2)6-8-13/h5-8,14H,4,9-10,18H2,1-3H3. The van der Waals surface area contributed by atoms with Gasteiger partial charge in [0.15, 0.2) is 0 Å². The predicted octanol–water partition coefficient (Wildman–Crippen LogP) is 3.29. The Labute approximate surface area is 125 Å². The third kappa shape index (κ3) is 3.41. The zero-order valence-electron chi connectivity index (χ0n) is 12.4. The lowest BCUT2D eigenvalue weighted by atomic mass is 10.0. The second-order valence-electron chi connectivity index (χ2n) is 5.32. The van der Waals surface area contributed by atoms with Gasteiger partial charge in [-0.1, -0.05) is 41.4 Å². The van der Waals surface area contributed by atoms with Crippen molar-refractivity contribution in [3.05, 3.63) is 51.8 Å². The molecule has 1 aromatic heterocycles. The second kappa shape index (κ2) is 6.42. The van der Waals surface area contributed by atoms with Gasteiger partial charge in [0.25, 0.3) is 0 Å². The van der Waals surface area contributed by atoms with E-state index in [1.165, 1.54) is 11.1 Å². The molecule has 2 rings (SSSR count). The van der Waals surface area contributed by atoms with E-state index in [1.54, 1.807) is 0 Å². The Bertz CT molecular complexity index is 572. The highest BCUT2D eigenvalue weighted by Gasteiger charge is 2.15. The molecule has 1 aromatic carbocycles. The van der Waals surface area contributed by atoms with Gasteiger partial charge >= 0.3 is 0 Å². The van der Waals surface area contributed by atoms with E-state index in [4.69, 9.17) is 17.3 Å². The molecule has 1 atom stereocenters. The van der Waals surface area contributed by atoms with Crippen LogP contribution in [0.3, 0.4) is 0 Å². The fourth-order valence-electron chi connectivity index (χ4n) is 2.41. The molecule has 2 aromatic rings. The smallest absolute Gasteiger partial charge is 0.0847 e. The van der Waals surface area contributed by atoms with Gasteiger partial charge in [0.2, 0.25) is 0 Å². The molecule has 0 saturated heterocycles. The van der Waals surface area contributed by atoms with Crippen LogP contribution in [0.2, 0.25) is 5.02 Å². The molecular formula is C16H22ClN3. The van der Waals surface area contributed by atoms with Crippen LogP contribution in [0.4, 0.5) is 0 Å². The third-order valence-corrected chi connectivity index (χ3v) is 4.02. The van der Waals surface area contributed by atoms with Gasteiger partial charge in [0.05, 0.1) is 16.4 Å². The number of nitrogens with two attached hydrogens (primary N) is 1. The number of nitrogens with zero attached hydrogens (tertiary/aromatic N) is 2. The van der Waals surface area contributed by atoms with Gasteiger partial charge in [0, 0.05) is 19.0 Å². The molecule has 4 heteroatoms. The SMILES string of the molecule is CCn1nc(C)c(Cl)c1CC(N)Cc1ccc(C)cc1. The number of hydrogen-bond acceptors (Lipinski definition) is 2. The summed E-state index contributed by atoms with van der Waals surface area (Å²) in [5.74, 6) is 0. The Morgan fingerprint density at radius 1 is 1.20 bits per heavy atom. The lowest BCUT2D eigenvalue weighted by Crippen LogP contribution is -2.27. The molecule has 0 aliphatic heterocycles. The number of halogens is 1. The lowest BCUT2D eigenvalue weighted by Gasteiger charge is -2.13. The van der Waals surface area contributed by atoms with Crippen molar-refractivity contribution in [3.8, 4) is 0 Å². The van der Waals surface area contributed by atoms with E-state index in [1.807, 2.05) is 11.6 Å². The van der Waals surface area contributed by atoms with E-state index < -0.39 is 0 Å². The quantitative estimate of drug-likeness (QED) is 0.919. The summed E-state index contributed by atoms with van der Waals surface area (Å²) < 4.78 is 1.95. The van der Waals surface area contributed by atoms with Gasteiger partial charge in [0.1, 0.15) is 0 Å². The molecule has 2 N–H and O–H groups in total. The molecule has 1 unspecified atom stereocenters. The highest BCUT2D eigenvalue weighted by atomic mass is 35.5. The van der Waals surface area contributed by atoms with Crippen molar-refractivity contribution in [1.82, 2.24) is 9.78 Å².